The van der Waals surface area contributed by atoms with E-state index in [-0.39, 0.29) is 0 Å². The van der Waals surface area contributed by atoms with Gasteiger partial charge in [0.1, 0.15) is 7.85 Å². The second kappa shape index (κ2) is 11.4. The Hall–Kier alpha value is -0.415. The van der Waals surface area contributed by atoms with Gasteiger partial charge in [0, 0.05) is 0 Å². The van der Waals surface area contributed by atoms with Gasteiger partial charge in [-0.15, -0.1) is 23.2 Å². The summed E-state index contributed by atoms with van der Waals surface area (Å²) in [5.74, 6) is 0. The van der Waals surface area contributed by atoms with Crippen molar-refractivity contribution in [3.63, 3.8) is 0 Å². The normalized spacial score (nSPS) is 10.3. The van der Waals surface area contributed by atoms with Crippen molar-refractivity contribution in [2.24, 2.45) is 10.3 Å². The number of hydrogen-bond acceptors (Lipinski definition) is 4. The molecular weight excluding hydrogens is 178 g/mol. The van der Waals surface area contributed by atoms with Crippen molar-refractivity contribution in [3.8, 4) is 0 Å². The average Bonchev–Trinajstić information content (AvgIpc) is 1.82. The zero-order valence-corrected chi connectivity index (χ0v) is 6.37. The zero-order valence-electron chi connectivity index (χ0n) is 4.85. The molecule has 0 aromatic carbocycles. The van der Waals surface area contributed by atoms with Gasteiger partial charge in [-0.3, -0.25) is 0 Å². The second-order valence-corrected chi connectivity index (χ2v) is 2.03. The maximum atomic E-state index is 7.56. The molecule has 2 N–H and O–H groups in total. The summed E-state index contributed by atoms with van der Waals surface area (Å²) in [6.07, 6.45) is 1.89. The third-order valence-corrected chi connectivity index (χ3v) is 0.200. The lowest BCUT2D eigenvalue weighted by Gasteiger charge is -1.72. The smallest absolute Gasteiger partial charge is 0.114 e. The van der Waals surface area contributed by atoms with Crippen molar-refractivity contribution in [2.75, 3.05) is 0 Å². The SMILES string of the molecule is ON=CC=NO.[B]C(Cl)Cl. The van der Waals surface area contributed by atoms with Crippen LogP contribution in [0.4, 0.5) is 0 Å². The van der Waals surface area contributed by atoms with Crippen LogP contribution in [0.2, 0.25) is 0 Å². The summed E-state index contributed by atoms with van der Waals surface area (Å²) in [7, 11) is 4.64. The van der Waals surface area contributed by atoms with Crippen molar-refractivity contribution >= 4 is 43.5 Å². The molecule has 0 spiro atoms. The van der Waals surface area contributed by atoms with E-state index in [1.165, 1.54) is 0 Å². The van der Waals surface area contributed by atoms with Crippen LogP contribution >= 0.6 is 23.2 Å². The fraction of sp³-hybridized carbons (Fsp3) is 0.333. The van der Waals surface area contributed by atoms with Gasteiger partial charge in [-0.1, -0.05) is 10.3 Å². The summed E-state index contributed by atoms with van der Waals surface area (Å²) in [4.78, 5) is 0. The topological polar surface area (TPSA) is 65.2 Å². The highest BCUT2D eigenvalue weighted by Crippen LogP contribution is 1.90. The molecule has 0 atom stereocenters. The first kappa shape index (κ1) is 12.3. The zero-order chi connectivity index (χ0) is 8.41. The van der Waals surface area contributed by atoms with Gasteiger partial charge in [-0.05, 0) is 0 Å². The number of halogens is 2. The van der Waals surface area contributed by atoms with Gasteiger partial charge in [0.25, 0.3) is 0 Å². The maximum absolute atomic E-state index is 7.56. The van der Waals surface area contributed by atoms with E-state index in [1.807, 2.05) is 0 Å². The molecule has 10 heavy (non-hydrogen) atoms. The third-order valence-electron chi connectivity index (χ3n) is 0.200. The predicted molar refractivity (Wildman–Crippen MR) is 41.8 cm³/mol. The Labute approximate surface area is 69.5 Å². The van der Waals surface area contributed by atoms with Crippen LogP contribution < -0.4 is 0 Å². The van der Waals surface area contributed by atoms with Gasteiger partial charge in [0.15, 0.2) is 0 Å². The molecule has 56 valence electrons. The molecule has 0 unspecified atom stereocenters. The molecule has 0 aliphatic heterocycles. The fourth-order valence-electron chi connectivity index (χ4n) is 0.0596. The molecule has 0 heterocycles. The molecule has 0 aromatic heterocycles. The van der Waals surface area contributed by atoms with Gasteiger partial charge in [-0.25, -0.2) is 0 Å². The Morgan fingerprint density at radius 2 is 1.40 bits per heavy atom. The van der Waals surface area contributed by atoms with Crippen LogP contribution in [0.25, 0.3) is 0 Å². The number of rotatable bonds is 1. The van der Waals surface area contributed by atoms with Crippen LogP contribution in [-0.2, 0) is 0 Å². The molecule has 0 aliphatic rings. The van der Waals surface area contributed by atoms with E-state index in [0.717, 1.165) is 12.4 Å². The van der Waals surface area contributed by atoms with E-state index >= 15 is 0 Å². The Morgan fingerprint density at radius 3 is 1.50 bits per heavy atom. The van der Waals surface area contributed by atoms with E-state index in [4.69, 9.17) is 33.6 Å². The standard InChI is InChI=1S/C2H4N2O2.CHBCl2/c5-3-1-2-4-6;2-1(3)4/h1-2,5-6H;1H. The van der Waals surface area contributed by atoms with Crippen molar-refractivity contribution in [1.82, 2.24) is 0 Å². The van der Waals surface area contributed by atoms with Gasteiger partial charge >= 0.3 is 0 Å². The molecule has 4 nitrogen and oxygen atoms in total. The highest BCUT2D eigenvalue weighted by Gasteiger charge is 1.75. The summed E-state index contributed by atoms with van der Waals surface area (Å²) < 4.78 is -0.722. The maximum Gasteiger partial charge on any atom is 0.114 e. The van der Waals surface area contributed by atoms with Crippen LogP contribution in [-0.4, -0.2) is 35.4 Å². The monoisotopic (exact) mass is 182 g/mol. The van der Waals surface area contributed by atoms with Gasteiger partial charge in [0.2, 0.25) is 0 Å². The largest absolute Gasteiger partial charge is 0.411 e. The third kappa shape index (κ3) is 49.2. The molecule has 0 saturated carbocycles. The molecular formula is C3H5BCl2N2O2. The highest BCUT2D eigenvalue weighted by molar-refractivity contribution is 6.60. The fourth-order valence-corrected chi connectivity index (χ4v) is 0.0596. The number of nitrogens with zero attached hydrogens (tertiary/aromatic N) is 2. The summed E-state index contributed by atoms with van der Waals surface area (Å²) in [5, 5.41) is 20.1. The summed E-state index contributed by atoms with van der Waals surface area (Å²) >= 11 is 9.64. The average molecular weight is 183 g/mol. The van der Waals surface area contributed by atoms with E-state index in [2.05, 4.69) is 18.2 Å². The Balaban J connectivity index is 0. The Kier molecular flexibility index (Phi) is 14.0. The minimum atomic E-state index is -0.722. The molecule has 7 heteroatoms. The molecule has 0 rings (SSSR count). The molecule has 2 radical (unpaired) electrons. The van der Waals surface area contributed by atoms with E-state index in [1.54, 1.807) is 0 Å². The van der Waals surface area contributed by atoms with Gasteiger partial charge in [0.05, 0.1) is 17.2 Å². The summed E-state index contributed by atoms with van der Waals surface area (Å²) in [6.45, 7) is 0. The van der Waals surface area contributed by atoms with Crippen LogP contribution in [0.1, 0.15) is 0 Å². The molecule has 0 aromatic rings. The predicted octanol–water partition coefficient (Wildman–Crippen LogP) is 0.822. The quantitative estimate of drug-likeness (QED) is 0.207. The minimum absolute atomic E-state index is 0.722. The number of hydrogen-bond donors (Lipinski definition) is 2. The van der Waals surface area contributed by atoms with E-state index in [9.17, 15) is 0 Å². The van der Waals surface area contributed by atoms with Crippen LogP contribution in [0, 0.1) is 0 Å². The van der Waals surface area contributed by atoms with Gasteiger partial charge in [-0.2, -0.15) is 0 Å². The Bertz CT molecular complexity index is 95.9. The van der Waals surface area contributed by atoms with Crippen molar-refractivity contribution in [1.29, 1.82) is 0 Å². The summed E-state index contributed by atoms with van der Waals surface area (Å²) in [5.41, 5.74) is 0. The van der Waals surface area contributed by atoms with Crippen LogP contribution in [0.3, 0.4) is 0 Å². The summed E-state index contributed by atoms with van der Waals surface area (Å²) in [6, 6.07) is 0. The van der Waals surface area contributed by atoms with E-state index in [0.29, 0.717) is 0 Å². The molecule has 0 bridgehead atoms. The molecule has 0 aliphatic carbocycles. The van der Waals surface area contributed by atoms with Crippen molar-refractivity contribution in [2.45, 2.75) is 4.74 Å². The first-order chi connectivity index (χ1) is 4.65. The lowest BCUT2D eigenvalue weighted by Crippen LogP contribution is -1.75. The lowest BCUT2D eigenvalue weighted by atomic mass is 10.2. The first-order valence-electron chi connectivity index (χ1n) is 2.02. The number of alkyl halides is 2. The van der Waals surface area contributed by atoms with E-state index < -0.39 is 4.74 Å². The van der Waals surface area contributed by atoms with Crippen LogP contribution in [0.15, 0.2) is 10.3 Å². The van der Waals surface area contributed by atoms with Crippen molar-refractivity contribution < 1.29 is 10.4 Å². The molecule has 0 saturated heterocycles. The second-order valence-electron chi connectivity index (χ2n) is 0.864. The first-order valence-corrected chi connectivity index (χ1v) is 2.89. The minimum Gasteiger partial charge on any atom is -0.411 e. The van der Waals surface area contributed by atoms with Gasteiger partial charge < -0.3 is 10.4 Å². The molecule has 0 amide bonds. The van der Waals surface area contributed by atoms with Crippen molar-refractivity contribution in [3.05, 3.63) is 0 Å². The lowest BCUT2D eigenvalue weighted by molar-refractivity contribution is 0.317. The molecule has 0 fully saturated rings. The Morgan fingerprint density at radius 1 is 1.20 bits per heavy atom. The number of oxime groups is 2. The highest BCUT2D eigenvalue weighted by atomic mass is 35.5. The van der Waals surface area contributed by atoms with Crippen LogP contribution in [0.5, 0.6) is 0 Å².